The Morgan fingerprint density at radius 1 is 0.964 bits per heavy atom. The van der Waals surface area contributed by atoms with Crippen molar-refractivity contribution in [3.63, 3.8) is 0 Å². The van der Waals surface area contributed by atoms with E-state index in [-0.39, 0.29) is 11.7 Å². The van der Waals surface area contributed by atoms with Crippen molar-refractivity contribution in [2.75, 3.05) is 31.1 Å². The first kappa shape index (κ1) is 18.1. The molecule has 0 aliphatic carbocycles. The largest absolute Gasteiger partial charge is 0.352 e. The van der Waals surface area contributed by atoms with E-state index in [0.29, 0.717) is 26.2 Å². The van der Waals surface area contributed by atoms with Gasteiger partial charge in [0.1, 0.15) is 5.82 Å². The summed E-state index contributed by atoms with van der Waals surface area (Å²) in [5.41, 5.74) is 3.47. The van der Waals surface area contributed by atoms with Crippen LogP contribution in [0.3, 0.4) is 0 Å². The molecular weight excluding hydrogens is 355 g/mol. The molecule has 4 rings (SSSR count). The maximum atomic E-state index is 13.0. The van der Waals surface area contributed by atoms with Crippen LogP contribution >= 0.6 is 0 Å². The topological polar surface area (TPSA) is 49.3 Å². The number of nitrogens with zero attached hydrogens (tertiary/aromatic N) is 4. The number of para-hydroxylation sites is 2. The highest BCUT2D eigenvalue weighted by atomic mass is 19.1. The fraction of sp³-hybridized carbons (Fsp3) is 0.227. The van der Waals surface area contributed by atoms with Gasteiger partial charge in [-0.15, -0.1) is 0 Å². The van der Waals surface area contributed by atoms with E-state index in [9.17, 15) is 9.18 Å². The van der Waals surface area contributed by atoms with E-state index in [1.807, 2.05) is 36.1 Å². The number of amides is 1. The Labute approximate surface area is 163 Å². The van der Waals surface area contributed by atoms with Crippen LogP contribution in [0.1, 0.15) is 11.3 Å². The summed E-state index contributed by atoms with van der Waals surface area (Å²) in [6, 6.07) is 13.9. The molecule has 1 aliphatic rings. The highest BCUT2D eigenvalue weighted by Crippen LogP contribution is 2.21. The predicted octanol–water partition coefficient (Wildman–Crippen LogP) is 3.44. The van der Waals surface area contributed by atoms with E-state index < -0.39 is 0 Å². The molecule has 3 aromatic rings. The van der Waals surface area contributed by atoms with E-state index in [4.69, 9.17) is 4.98 Å². The van der Waals surface area contributed by atoms with Crippen LogP contribution < -0.4 is 4.90 Å². The fourth-order valence-electron chi connectivity index (χ4n) is 3.36. The van der Waals surface area contributed by atoms with Crippen molar-refractivity contribution in [2.24, 2.45) is 0 Å². The summed E-state index contributed by atoms with van der Waals surface area (Å²) in [5.74, 6) is 0.560. The number of rotatable bonds is 3. The zero-order valence-electron chi connectivity index (χ0n) is 15.7. The smallest absolute Gasteiger partial charge is 0.246 e. The zero-order chi connectivity index (χ0) is 19.5. The average Bonchev–Trinajstić information content (AvgIpc) is 2.73. The van der Waals surface area contributed by atoms with E-state index >= 15 is 0 Å². The van der Waals surface area contributed by atoms with Gasteiger partial charge < -0.3 is 9.80 Å². The lowest BCUT2D eigenvalue weighted by atomic mass is 10.2. The summed E-state index contributed by atoms with van der Waals surface area (Å²) < 4.78 is 13.0. The minimum Gasteiger partial charge on any atom is -0.352 e. The van der Waals surface area contributed by atoms with Crippen LogP contribution in [0.2, 0.25) is 0 Å². The fourth-order valence-corrected chi connectivity index (χ4v) is 3.36. The van der Waals surface area contributed by atoms with E-state index in [0.717, 1.165) is 28.1 Å². The van der Waals surface area contributed by atoms with E-state index in [1.54, 1.807) is 24.3 Å². The highest BCUT2D eigenvalue weighted by Gasteiger charge is 2.22. The van der Waals surface area contributed by atoms with Gasteiger partial charge in [-0.2, -0.15) is 0 Å². The third-order valence-corrected chi connectivity index (χ3v) is 4.90. The van der Waals surface area contributed by atoms with Crippen molar-refractivity contribution in [2.45, 2.75) is 6.92 Å². The molecule has 2 heterocycles. The van der Waals surface area contributed by atoms with Gasteiger partial charge in [0.25, 0.3) is 0 Å². The standard InChI is InChI=1S/C22H21FN4O/c1-16-22(25-20-5-3-2-4-19(20)24-16)27-14-12-26(13-15-27)21(28)11-8-17-6-9-18(23)10-7-17/h2-11H,12-15H2,1H3/b11-8+. The summed E-state index contributed by atoms with van der Waals surface area (Å²) in [6.07, 6.45) is 3.26. The highest BCUT2D eigenvalue weighted by molar-refractivity contribution is 5.92. The number of carbonyl (C=O) groups excluding carboxylic acids is 1. The monoisotopic (exact) mass is 376 g/mol. The zero-order valence-corrected chi connectivity index (χ0v) is 15.7. The summed E-state index contributed by atoms with van der Waals surface area (Å²) in [6.45, 7) is 4.65. The van der Waals surface area contributed by atoms with Gasteiger partial charge in [-0.1, -0.05) is 24.3 Å². The lowest BCUT2D eigenvalue weighted by Gasteiger charge is -2.35. The number of piperazine rings is 1. The minimum atomic E-state index is -0.285. The Hall–Kier alpha value is -3.28. The maximum Gasteiger partial charge on any atom is 0.246 e. The lowest BCUT2D eigenvalue weighted by molar-refractivity contribution is -0.126. The molecule has 0 unspecified atom stereocenters. The number of aryl methyl sites for hydroxylation is 1. The molecule has 142 valence electrons. The number of anilines is 1. The molecule has 1 fully saturated rings. The number of fused-ring (bicyclic) bond motifs is 1. The first-order chi connectivity index (χ1) is 13.6. The molecule has 0 N–H and O–H groups in total. The first-order valence-electron chi connectivity index (χ1n) is 9.31. The first-order valence-corrected chi connectivity index (χ1v) is 9.31. The number of aromatic nitrogens is 2. The SMILES string of the molecule is Cc1nc2ccccc2nc1N1CCN(C(=O)/C=C/c2ccc(F)cc2)CC1. The van der Waals surface area contributed by atoms with Gasteiger partial charge in [0.15, 0.2) is 5.82 Å². The third kappa shape index (κ3) is 3.86. The molecule has 6 heteroatoms. The van der Waals surface area contributed by atoms with Crippen molar-refractivity contribution < 1.29 is 9.18 Å². The Morgan fingerprint density at radius 2 is 1.61 bits per heavy atom. The summed E-state index contributed by atoms with van der Waals surface area (Å²) in [5, 5.41) is 0. The molecule has 0 atom stereocenters. The molecular formula is C22H21FN4O. The van der Waals surface area contributed by atoms with Gasteiger partial charge in [0.2, 0.25) is 5.91 Å². The number of carbonyl (C=O) groups is 1. The second-order valence-electron chi connectivity index (χ2n) is 6.82. The number of hydrogen-bond acceptors (Lipinski definition) is 4. The molecule has 0 radical (unpaired) electrons. The van der Waals surface area contributed by atoms with Gasteiger partial charge in [0, 0.05) is 32.3 Å². The van der Waals surface area contributed by atoms with Crippen LogP contribution in [-0.4, -0.2) is 47.0 Å². The van der Waals surface area contributed by atoms with Crippen molar-refractivity contribution in [3.8, 4) is 0 Å². The maximum absolute atomic E-state index is 13.0. The van der Waals surface area contributed by atoms with Crippen molar-refractivity contribution in [1.29, 1.82) is 0 Å². The molecule has 2 aromatic carbocycles. The number of hydrogen-bond donors (Lipinski definition) is 0. The number of halogens is 1. The van der Waals surface area contributed by atoms with Crippen LogP contribution in [0.5, 0.6) is 0 Å². The lowest BCUT2D eigenvalue weighted by Crippen LogP contribution is -2.48. The van der Waals surface area contributed by atoms with Gasteiger partial charge >= 0.3 is 0 Å². The van der Waals surface area contributed by atoms with Crippen molar-refractivity contribution >= 4 is 28.8 Å². The molecule has 1 aliphatic heterocycles. The van der Waals surface area contributed by atoms with Crippen molar-refractivity contribution in [1.82, 2.24) is 14.9 Å². The second kappa shape index (κ2) is 7.76. The molecule has 0 spiro atoms. The normalized spacial score (nSPS) is 14.8. The van der Waals surface area contributed by atoms with Crippen LogP contribution in [0.15, 0.2) is 54.6 Å². The molecule has 1 aromatic heterocycles. The van der Waals surface area contributed by atoms with Crippen LogP contribution in [0.4, 0.5) is 10.2 Å². The van der Waals surface area contributed by atoms with Crippen LogP contribution in [0, 0.1) is 12.7 Å². The molecule has 5 nitrogen and oxygen atoms in total. The average molecular weight is 376 g/mol. The minimum absolute atomic E-state index is 0.0368. The van der Waals surface area contributed by atoms with E-state index in [1.165, 1.54) is 12.1 Å². The quantitative estimate of drug-likeness (QED) is 0.657. The van der Waals surface area contributed by atoms with Gasteiger partial charge in [-0.05, 0) is 42.8 Å². The molecule has 1 amide bonds. The Kier molecular flexibility index (Phi) is 5.02. The Bertz CT molecular complexity index is 1020. The van der Waals surface area contributed by atoms with Crippen LogP contribution in [-0.2, 0) is 4.79 Å². The predicted molar refractivity (Wildman–Crippen MR) is 109 cm³/mol. The Morgan fingerprint density at radius 3 is 2.29 bits per heavy atom. The second-order valence-corrected chi connectivity index (χ2v) is 6.82. The molecule has 1 saturated heterocycles. The summed E-state index contributed by atoms with van der Waals surface area (Å²) >= 11 is 0. The Balaban J connectivity index is 1.41. The van der Waals surface area contributed by atoms with Gasteiger partial charge in [0.05, 0.1) is 16.7 Å². The van der Waals surface area contributed by atoms with Gasteiger partial charge in [-0.3, -0.25) is 4.79 Å². The van der Waals surface area contributed by atoms with Crippen molar-refractivity contribution in [3.05, 3.63) is 71.7 Å². The number of benzene rings is 2. The summed E-state index contributed by atoms with van der Waals surface area (Å²) in [7, 11) is 0. The molecule has 0 bridgehead atoms. The molecule has 28 heavy (non-hydrogen) atoms. The summed E-state index contributed by atoms with van der Waals surface area (Å²) in [4.78, 5) is 25.9. The third-order valence-electron chi connectivity index (χ3n) is 4.90. The van der Waals surface area contributed by atoms with Gasteiger partial charge in [-0.25, -0.2) is 14.4 Å². The van der Waals surface area contributed by atoms with E-state index in [2.05, 4.69) is 9.88 Å². The van der Waals surface area contributed by atoms with Crippen LogP contribution in [0.25, 0.3) is 17.1 Å². The molecule has 0 saturated carbocycles.